The van der Waals surface area contributed by atoms with Gasteiger partial charge in [-0.3, -0.25) is 43.7 Å². The number of primary amides is 2. The molecule has 296 valence electrons. The minimum Gasteiger partial charge on any atom is -0.508 e. The van der Waals surface area contributed by atoms with Crippen LogP contribution in [0.25, 0.3) is 0 Å². The predicted molar refractivity (Wildman–Crippen MR) is 194 cm³/mol. The molecule has 55 heavy (non-hydrogen) atoms. The Balaban J connectivity index is 2.16. The number of phenolic OH excluding ortho intramolecular Hbond substituents is 1. The minimum atomic E-state index is -1.78. The Labute approximate surface area is 318 Å². The molecule has 0 radical (unpaired) electrons. The fraction of sp³-hybridized carbons (Fsp3) is 0.412. The molecule has 0 aromatic heterocycles. The highest BCUT2D eigenvalue weighted by Crippen LogP contribution is 2.31. The van der Waals surface area contributed by atoms with Gasteiger partial charge >= 0.3 is 5.97 Å². The van der Waals surface area contributed by atoms with E-state index in [9.17, 15) is 58.7 Å². The van der Waals surface area contributed by atoms with Gasteiger partial charge in [-0.05, 0) is 42.2 Å². The Morgan fingerprint density at radius 1 is 0.873 bits per heavy atom. The van der Waals surface area contributed by atoms with Crippen LogP contribution in [0, 0.1) is 16.0 Å². The van der Waals surface area contributed by atoms with Gasteiger partial charge in [0.2, 0.25) is 35.4 Å². The number of fused-ring (bicyclic) bond motifs is 18. The number of nitrogens with one attached hydrogen (secondary N) is 5. The van der Waals surface area contributed by atoms with E-state index in [0.29, 0.717) is 23.7 Å². The molecular formula is C34H42N8O12S. The van der Waals surface area contributed by atoms with E-state index in [1.54, 1.807) is 13.8 Å². The Bertz CT molecular complexity index is 1830. The topological polar surface area (TPSA) is 332 Å². The maximum absolute atomic E-state index is 13.9. The van der Waals surface area contributed by atoms with Crippen LogP contribution in [0.3, 0.4) is 0 Å². The Morgan fingerprint density at radius 2 is 1.49 bits per heavy atom. The summed E-state index contributed by atoms with van der Waals surface area (Å²) in [5.41, 5.74) is 10.2. The van der Waals surface area contributed by atoms with Crippen molar-refractivity contribution in [3.8, 4) is 5.75 Å². The van der Waals surface area contributed by atoms with Crippen LogP contribution in [0.5, 0.6) is 5.75 Å². The molecule has 0 unspecified atom stereocenters. The number of carbonyl (C=O) groups excluding carboxylic acids is 7. The van der Waals surface area contributed by atoms with Gasteiger partial charge in [-0.15, -0.1) is 11.8 Å². The second-order valence-corrected chi connectivity index (χ2v) is 13.8. The number of rotatable bonds is 11. The Kier molecular flexibility index (Phi) is 15.5. The molecule has 6 atom stereocenters. The van der Waals surface area contributed by atoms with E-state index in [0.717, 1.165) is 6.07 Å². The lowest BCUT2D eigenvalue weighted by atomic mass is 9.96. The van der Waals surface area contributed by atoms with Crippen LogP contribution in [0.15, 0.2) is 47.4 Å². The summed E-state index contributed by atoms with van der Waals surface area (Å²) in [6, 6.07) is 1.11. The Hall–Kier alpha value is -6.25. The first-order valence-corrected chi connectivity index (χ1v) is 17.9. The fourth-order valence-corrected chi connectivity index (χ4v) is 6.34. The highest BCUT2D eigenvalue weighted by molar-refractivity contribution is 7.99. The van der Waals surface area contributed by atoms with Crippen molar-refractivity contribution in [2.24, 2.45) is 17.4 Å². The third-order valence-electron chi connectivity index (χ3n) is 8.58. The normalized spacial score (nSPS) is 22.1. The van der Waals surface area contributed by atoms with E-state index in [1.165, 1.54) is 36.4 Å². The maximum Gasteiger partial charge on any atom is 0.327 e. The third-order valence-corrected chi connectivity index (χ3v) is 9.74. The van der Waals surface area contributed by atoms with Crippen molar-refractivity contribution in [1.29, 1.82) is 0 Å². The van der Waals surface area contributed by atoms with Crippen molar-refractivity contribution < 1.29 is 53.5 Å². The quantitative estimate of drug-likeness (QED) is 0.0748. The zero-order chi connectivity index (χ0) is 41.0. The van der Waals surface area contributed by atoms with E-state index < -0.39 is 119 Å². The highest BCUT2D eigenvalue weighted by atomic mass is 32.2. The first-order valence-electron chi connectivity index (χ1n) is 16.9. The van der Waals surface area contributed by atoms with Crippen LogP contribution in [0.2, 0.25) is 0 Å². The average Bonchev–Trinajstić information content (AvgIpc) is 3.12. The van der Waals surface area contributed by atoms with Gasteiger partial charge in [0, 0.05) is 30.2 Å². The standard InChI is InChI=1S/C34H42N8O12S/c1-3-16(2)28-33(50)37-20(9-11-26(35)44)30(47)39-22(14-27(36)45)31(48)40-23(34(51)52)15-55-25-10-6-18(13-24(25)42(53)54)29(46)38-21(32(49)41-28)12-17-4-7-19(43)8-5-17/h4-8,10,13,16,20-23,28,43H,3,9,11-12,14-15H2,1-2H3,(H2,35,44)(H2,36,45)(H,37,50)(H,38,46)(H,39,47)(H,40,48)(H,41,49)(H,51,52)/t16-,20-,21-,22-,23-,28-/m0/s1. The number of amides is 7. The number of nitrogens with zero attached hydrogens (tertiary/aromatic N) is 1. The van der Waals surface area contributed by atoms with E-state index in [-0.39, 0.29) is 22.6 Å². The molecule has 2 aliphatic heterocycles. The molecule has 0 saturated heterocycles. The summed E-state index contributed by atoms with van der Waals surface area (Å²) in [7, 11) is 0. The van der Waals surface area contributed by atoms with E-state index in [4.69, 9.17) is 11.5 Å². The number of phenols is 1. The van der Waals surface area contributed by atoms with E-state index in [1.807, 2.05) is 0 Å². The number of aliphatic carboxylic acids is 1. The Morgan fingerprint density at radius 3 is 2.07 bits per heavy atom. The number of carbonyl (C=O) groups is 8. The third kappa shape index (κ3) is 12.7. The van der Waals surface area contributed by atoms with Crippen molar-refractivity contribution in [3.63, 3.8) is 0 Å². The first-order chi connectivity index (χ1) is 25.9. The van der Waals surface area contributed by atoms with Crippen molar-refractivity contribution in [3.05, 3.63) is 63.7 Å². The monoisotopic (exact) mass is 786 g/mol. The largest absolute Gasteiger partial charge is 0.508 e. The van der Waals surface area contributed by atoms with Crippen molar-refractivity contribution in [1.82, 2.24) is 26.6 Å². The van der Waals surface area contributed by atoms with Gasteiger partial charge in [0.05, 0.1) is 16.2 Å². The number of hydrogen-bond donors (Lipinski definition) is 9. The summed E-state index contributed by atoms with van der Waals surface area (Å²) >= 11 is 0.647. The highest BCUT2D eigenvalue weighted by Gasteiger charge is 2.35. The number of benzene rings is 2. The summed E-state index contributed by atoms with van der Waals surface area (Å²) in [5, 5.41) is 43.7. The number of aromatic hydroxyl groups is 1. The number of nitro groups is 1. The molecule has 0 saturated carbocycles. The lowest BCUT2D eigenvalue weighted by Gasteiger charge is -2.29. The smallest absolute Gasteiger partial charge is 0.327 e. The zero-order valence-electron chi connectivity index (χ0n) is 29.7. The van der Waals surface area contributed by atoms with Gasteiger partial charge in [0.1, 0.15) is 36.0 Å². The predicted octanol–water partition coefficient (Wildman–Crippen LogP) is -1.04. The second kappa shape index (κ2) is 19.7. The molecule has 2 heterocycles. The molecule has 21 heteroatoms. The van der Waals surface area contributed by atoms with Crippen molar-refractivity contribution >= 4 is 64.8 Å². The molecule has 0 spiro atoms. The lowest BCUT2D eigenvalue weighted by molar-refractivity contribution is -0.387. The van der Waals surface area contributed by atoms with Crippen molar-refractivity contribution in [2.75, 3.05) is 5.75 Å². The number of nitro benzene ring substituents is 1. The van der Waals surface area contributed by atoms with Crippen molar-refractivity contribution in [2.45, 2.75) is 81.1 Å². The SMILES string of the molecule is CC[C@H](C)[C@@H]1NC(=O)[C@H](Cc2ccc(O)cc2)NC(=O)c2ccc(c([N+](=O)[O-])c2)SC[C@@H](C(=O)O)NC(=O)[C@H](CC(N)=O)NC(=O)[C@H](CCC(N)=O)NC1=O. The summed E-state index contributed by atoms with van der Waals surface area (Å²) in [5.74, 6) is -9.69. The molecule has 2 aromatic rings. The summed E-state index contributed by atoms with van der Waals surface area (Å²) in [6.07, 6.45) is -1.52. The molecule has 7 amide bonds. The molecule has 0 aliphatic carbocycles. The van der Waals surface area contributed by atoms with Crippen LogP contribution in [-0.4, -0.2) is 98.4 Å². The van der Waals surface area contributed by atoms with Crippen LogP contribution < -0.4 is 38.1 Å². The van der Waals surface area contributed by atoms with Gasteiger partial charge in [-0.2, -0.15) is 0 Å². The van der Waals surface area contributed by atoms with Gasteiger partial charge in [0.25, 0.3) is 11.6 Å². The minimum absolute atomic E-state index is 0.0753. The van der Waals surface area contributed by atoms with Crippen LogP contribution in [-0.2, 0) is 40.0 Å². The van der Waals surface area contributed by atoms with E-state index in [2.05, 4.69) is 26.6 Å². The number of nitrogens with two attached hydrogens (primary N) is 2. The molecule has 20 nitrogen and oxygen atoms in total. The van der Waals surface area contributed by atoms with Crippen LogP contribution >= 0.6 is 11.8 Å². The molecule has 0 fully saturated rings. The van der Waals surface area contributed by atoms with Gasteiger partial charge < -0.3 is 48.3 Å². The number of carboxylic acids is 1. The number of hydrogen-bond acceptors (Lipinski definition) is 12. The summed E-state index contributed by atoms with van der Waals surface area (Å²) < 4.78 is 0. The summed E-state index contributed by atoms with van der Waals surface area (Å²) in [6.45, 7) is 3.33. The van der Waals surface area contributed by atoms with E-state index >= 15 is 0 Å². The van der Waals surface area contributed by atoms with Gasteiger partial charge in [0.15, 0.2) is 0 Å². The van der Waals surface area contributed by atoms with Crippen LogP contribution in [0.4, 0.5) is 5.69 Å². The molecule has 4 rings (SSSR count). The fourth-order valence-electron chi connectivity index (χ4n) is 5.32. The summed E-state index contributed by atoms with van der Waals surface area (Å²) in [4.78, 5) is 115. The first kappa shape index (κ1) is 43.2. The lowest BCUT2D eigenvalue weighted by Crippen LogP contribution is -2.60. The van der Waals surface area contributed by atoms with Gasteiger partial charge in [-0.1, -0.05) is 32.4 Å². The molecule has 2 aromatic carbocycles. The molecule has 2 aliphatic rings. The molecule has 11 N–H and O–H groups in total. The average molecular weight is 787 g/mol. The maximum atomic E-state index is 13.9. The number of thioether (sulfide) groups is 1. The second-order valence-electron chi connectivity index (χ2n) is 12.7. The zero-order valence-corrected chi connectivity index (χ0v) is 30.6. The van der Waals surface area contributed by atoms with Crippen LogP contribution in [0.1, 0.15) is 55.5 Å². The van der Waals surface area contributed by atoms with Gasteiger partial charge in [-0.25, -0.2) is 4.79 Å². The molecule has 2 bridgehead atoms. The molecular weight excluding hydrogens is 744 g/mol. The number of carboxylic acid groups (broad SMARTS) is 1.